The number of quaternary nitrogens is 1. The first kappa shape index (κ1) is 6.66. The molecule has 1 atom stereocenters. The predicted octanol–water partition coefficient (Wildman–Crippen LogP) is -1.45. The third kappa shape index (κ3) is 1.09. The Bertz CT molecular complexity index is 265. The van der Waals surface area contributed by atoms with E-state index < -0.39 is 0 Å². The van der Waals surface area contributed by atoms with Crippen LogP contribution in [0, 0.1) is 5.21 Å². The molecule has 2 N–H and O–H groups in total. The van der Waals surface area contributed by atoms with Crippen molar-refractivity contribution in [1.82, 2.24) is 15.3 Å². The fourth-order valence-electron chi connectivity index (χ4n) is 1.13. The normalized spacial score (nSPS) is 22.8. The summed E-state index contributed by atoms with van der Waals surface area (Å²) in [4.78, 5) is 7.73. The van der Waals surface area contributed by atoms with Gasteiger partial charge >= 0.3 is 0 Å². The standard InChI is InChI=1S/C6H8N4O/c11-10-4-8-2-5-1-7-3-9-6(5)10/h1,3,8,10H,2,4H2. The number of aromatic nitrogens is 2. The van der Waals surface area contributed by atoms with Crippen LogP contribution in [0.2, 0.25) is 0 Å². The number of hydrogen-bond acceptors (Lipinski definition) is 4. The first-order chi connectivity index (χ1) is 5.38. The maximum absolute atomic E-state index is 11.1. The molecular weight excluding hydrogens is 144 g/mol. The lowest BCUT2D eigenvalue weighted by molar-refractivity contribution is -0.786. The molecule has 1 aromatic heterocycles. The van der Waals surface area contributed by atoms with Crippen LogP contribution in [-0.2, 0) is 6.54 Å². The van der Waals surface area contributed by atoms with Crippen LogP contribution in [0.4, 0.5) is 5.82 Å². The summed E-state index contributed by atoms with van der Waals surface area (Å²) in [6, 6.07) is 0. The van der Waals surface area contributed by atoms with Gasteiger partial charge in [-0.3, -0.25) is 5.32 Å². The third-order valence-corrected chi connectivity index (χ3v) is 1.65. The van der Waals surface area contributed by atoms with Gasteiger partial charge in [0.1, 0.15) is 13.0 Å². The number of nitrogens with one attached hydrogen (secondary N) is 2. The Hall–Kier alpha value is -1.04. The molecule has 0 bridgehead atoms. The lowest BCUT2D eigenvalue weighted by Crippen LogP contribution is -3.05. The molecule has 0 saturated heterocycles. The molecule has 2 rings (SSSR count). The van der Waals surface area contributed by atoms with Crippen molar-refractivity contribution in [1.29, 1.82) is 0 Å². The van der Waals surface area contributed by atoms with Gasteiger partial charge in [0.25, 0.3) is 0 Å². The minimum atomic E-state index is 0.0497. The topological polar surface area (TPSA) is 65.3 Å². The van der Waals surface area contributed by atoms with E-state index in [1.165, 1.54) is 6.33 Å². The van der Waals surface area contributed by atoms with Crippen LogP contribution in [0.25, 0.3) is 0 Å². The summed E-state index contributed by atoms with van der Waals surface area (Å²) in [6.45, 7) is 1.09. The Kier molecular flexibility index (Phi) is 1.54. The van der Waals surface area contributed by atoms with Gasteiger partial charge in [-0.1, -0.05) is 0 Å². The zero-order valence-corrected chi connectivity index (χ0v) is 5.87. The van der Waals surface area contributed by atoms with Gasteiger partial charge in [0.15, 0.2) is 0 Å². The summed E-state index contributed by atoms with van der Waals surface area (Å²) >= 11 is 0. The molecule has 0 aliphatic carbocycles. The Morgan fingerprint density at radius 3 is 3.36 bits per heavy atom. The molecule has 5 nitrogen and oxygen atoms in total. The van der Waals surface area contributed by atoms with Crippen LogP contribution >= 0.6 is 0 Å². The Balaban J connectivity index is 2.44. The Labute approximate surface area is 63.7 Å². The highest BCUT2D eigenvalue weighted by atomic mass is 16.5. The van der Waals surface area contributed by atoms with Crippen LogP contribution < -0.4 is 10.4 Å². The molecule has 58 valence electrons. The van der Waals surface area contributed by atoms with Crippen molar-refractivity contribution in [2.45, 2.75) is 6.54 Å². The fraction of sp³-hybridized carbons (Fsp3) is 0.333. The Morgan fingerprint density at radius 1 is 1.64 bits per heavy atom. The van der Waals surface area contributed by atoms with Crippen molar-refractivity contribution >= 4 is 5.82 Å². The largest absolute Gasteiger partial charge is 0.627 e. The van der Waals surface area contributed by atoms with Gasteiger partial charge in [-0.25, -0.2) is 4.98 Å². The van der Waals surface area contributed by atoms with Crippen LogP contribution in [0.1, 0.15) is 5.56 Å². The smallest absolute Gasteiger partial charge is 0.234 e. The van der Waals surface area contributed by atoms with Crippen molar-refractivity contribution in [2.75, 3.05) is 6.67 Å². The van der Waals surface area contributed by atoms with Gasteiger partial charge in [-0.2, -0.15) is 4.98 Å². The van der Waals surface area contributed by atoms with Crippen LogP contribution in [0.3, 0.4) is 0 Å². The first-order valence-corrected chi connectivity index (χ1v) is 3.41. The average Bonchev–Trinajstić information content (AvgIpc) is 2.06. The SMILES string of the molecule is [O-][NH+]1CNCc2cncnc21. The highest BCUT2D eigenvalue weighted by Gasteiger charge is 2.15. The second kappa shape index (κ2) is 2.54. The zero-order valence-electron chi connectivity index (χ0n) is 5.87. The second-order valence-electron chi connectivity index (χ2n) is 2.42. The van der Waals surface area contributed by atoms with E-state index in [1.807, 2.05) is 0 Å². The van der Waals surface area contributed by atoms with E-state index >= 15 is 0 Å². The molecule has 0 fully saturated rings. The number of fused-ring (bicyclic) bond motifs is 1. The first-order valence-electron chi connectivity index (χ1n) is 3.41. The molecule has 0 radical (unpaired) electrons. The van der Waals surface area contributed by atoms with E-state index in [-0.39, 0.29) is 5.06 Å². The second-order valence-corrected chi connectivity index (χ2v) is 2.42. The van der Waals surface area contributed by atoms with Gasteiger partial charge in [0.05, 0.1) is 5.56 Å². The van der Waals surface area contributed by atoms with E-state index in [0.29, 0.717) is 19.0 Å². The highest BCUT2D eigenvalue weighted by Crippen LogP contribution is 2.05. The summed E-state index contributed by atoms with van der Waals surface area (Å²) in [5.74, 6) is 0.568. The maximum Gasteiger partial charge on any atom is 0.234 e. The molecule has 2 heterocycles. The van der Waals surface area contributed by atoms with Gasteiger partial charge in [-0.15, -0.1) is 0 Å². The molecule has 5 heteroatoms. The predicted molar refractivity (Wildman–Crippen MR) is 37.7 cm³/mol. The van der Waals surface area contributed by atoms with Gasteiger partial charge < -0.3 is 10.3 Å². The number of rotatable bonds is 0. The molecule has 0 spiro atoms. The molecule has 1 aliphatic rings. The lowest BCUT2D eigenvalue weighted by Gasteiger charge is -2.26. The maximum atomic E-state index is 11.1. The summed E-state index contributed by atoms with van der Waals surface area (Å²) in [6.07, 6.45) is 3.08. The van der Waals surface area contributed by atoms with Crippen molar-refractivity contribution in [3.8, 4) is 0 Å². The van der Waals surface area contributed by atoms with E-state index in [1.54, 1.807) is 6.20 Å². The van der Waals surface area contributed by atoms with Crippen molar-refractivity contribution in [3.05, 3.63) is 23.3 Å². The molecule has 0 amide bonds. The minimum Gasteiger partial charge on any atom is -0.627 e. The monoisotopic (exact) mass is 152 g/mol. The van der Waals surface area contributed by atoms with E-state index in [4.69, 9.17) is 0 Å². The third-order valence-electron chi connectivity index (χ3n) is 1.65. The molecular formula is C6H8N4O. The molecule has 0 saturated carbocycles. The van der Waals surface area contributed by atoms with Crippen molar-refractivity contribution in [3.63, 3.8) is 0 Å². The van der Waals surface area contributed by atoms with E-state index in [2.05, 4.69) is 15.3 Å². The van der Waals surface area contributed by atoms with Gasteiger partial charge in [-0.05, 0) is 0 Å². The van der Waals surface area contributed by atoms with Crippen LogP contribution in [-0.4, -0.2) is 16.6 Å². The van der Waals surface area contributed by atoms with Crippen molar-refractivity contribution in [2.24, 2.45) is 0 Å². The van der Waals surface area contributed by atoms with Crippen LogP contribution in [0.15, 0.2) is 12.5 Å². The highest BCUT2D eigenvalue weighted by molar-refractivity contribution is 5.29. The Morgan fingerprint density at radius 2 is 2.55 bits per heavy atom. The molecule has 1 unspecified atom stereocenters. The number of hydrogen-bond donors (Lipinski definition) is 2. The summed E-state index contributed by atoms with van der Waals surface area (Å²) in [5.41, 5.74) is 0.892. The molecule has 1 aliphatic heterocycles. The number of nitrogens with zero attached hydrogens (tertiary/aromatic N) is 2. The summed E-state index contributed by atoms with van der Waals surface area (Å²) in [5, 5.41) is 14.1. The number of hydroxylamine groups is 1. The fourth-order valence-corrected chi connectivity index (χ4v) is 1.13. The minimum absolute atomic E-state index is 0.0497. The summed E-state index contributed by atoms with van der Waals surface area (Å²) in [7, 11) is 0. The van der Waals surface area contributed by atoms with E-state index in [0.717, 1.165) is 5.56 Å². The molecule has 0 aromatic carbocycles. The van der Waals surface area contributed by atoms with Gasteiger partial charge in [0.2, 0.25) is 5.82 Å². The lowest BCUT2D eigenvalue weighted by atomic mass is 10.3. The quantitative estimate of drug-likeness (QED) is 0.446. The molecule has 11 heavy (non-hydrogen) atoms. The summed E-state index contributed by atoms with van der Waals surface area (Å²) < 4.78 is 0. The average molecular weight is 152 g/mol. The van der Waals surface area contributed by atoms with Gasteiger partial charge in [0, 0.05) is 12.7 Å². The van der Waals surface area contributed by atoms with E-state index in [9.17, 15) is 5.21 Å². The molecule has 1 aromatic rings. The van der Waals surface area contributed by atoms with Crippen molar-refractivity contribution < 1.29 is 5.06 Å². The van der Waals surface area contributed by atoms with Crippen LogP contribution in [0.5, 0.6) is 0 Å². The zero-order chi connectivity index (χ0) is 7.68.